The normalized spacial score (nSPS) is 10.7. The molecule has 1 aromatic heterocycles. The second-order valence-electron chi connectivity index (χ2n) is 4.79. The van der Waals surface area contributed by atoms with E-state index in [9.17, 15) is 0 Å². The predicted molar refractivity (Wildman–Crippen MR) is 85.6 cm³/mol. The Hall–Kier alpha value is -3.19. The minimum atomic E-state index is 0.617. The van der Waals surface area contributed by atoms with Gasteiger partial charge in [0.2, 0.25) is 0 Å². The van der Waals surface area contributed by atoms with Gasteiger partial charge in [0.1, 0.15) is 5.69 Å². The average molecular weight is 286 g/mol. The van der Waals surface area contributed by atoms with E-state index in [0.717, 1.165) is 22.5 Å². The van der Waals surface area contributed by atoms with Crippen LogP contribution in [0.4, 0.5) is 0 Å². The van der Waals surface area contributed by atoms with Gasteiger partial charge in [-0.3, -0.25) is 0 Å². The van der Waals surface area contributed by atoms with Gasteiger partial charge in [-0.15, -0.1) is 5.10 Å². The lowest BCUT2D eigenvalue weighted by Gasteiger charge is -2.04. The number of aromatic nitrogens is 3. The first kappa shape index (κ1) is 13.8. The van der Waals surface area contributed by atoms with Gasteiger partial charge >= 0.3 is 0 Å². The maximum atomic E-state index is 8.82. The number of nitrogens with zero attached hydrogens (tertiary/aromatic N) is 4. The molecule has 0 fully saturated rings. The Bertz CT molecular complexity index is 811. The molecule has 2 aromatic carbocycles. The molecule has 0 saturated carbocycles. The molecule has 22 heavy (non-hydrogen) atoms. The summed E-state index contributed by atoms with van der Waals surface area (Å²) in [6.45, 7) is 0.617. The molecular weight excluding hydrogens is 272 g/mol. The van der Waals surface area contributed by atoms with Gasteiger partial charge in [0.25, 0.3) is 0 Å². The lowest BCUT2D eigenvalue weighted by Crippen LogP contribution is -2.04. The Kier molecular flexibility index (Phi) is 4.08. The second-order valence-corrected chi connectivity index (χ2v) is 4.79. The maximum Gasteiger partial charge on any atom is 0.120 e. The predicted octanol–water partition coefficient (Wildman–Crippen LogP) is 3.53. The lowest BCUT2D eigenvalue weighted by atomic mass is 10.1. The minimum absolute atomic E-state index is 0.617. The molecule has 0 aliphatic carbocycles. The molecule has 0 bridgehead atoms. The summed E-state index contributed by atoms with van der Waals surface area (Å²) < 4.78 is 1.81. The lowest BCUT2D eigenvalue weighted by molar-refractivity contribution is 0.645. The highest BCUT2D eigenvalue weighted by Gasteiger charge is 2.12. The van der Waals surface area contributed by atoms with Crippen molar-refractivity contribution in [2.24, 2.45) is 0 Å². The van der Waals surface area contributed by atoms with Crippen molar-refractivity contribution in [3.63, 3.8) is 0 Å². The third kappa shape index (κ3) is 2.94. The van der Waals surface area contributed by atoms with Gasteiger partial charge < -0.3 is 0 Å². The molecule has 0 saturated heterocycles. The van der Waals surface area contributed by atoms with Gasteiger partial charge in [-0.05, 0) is 11.6 Å². The number of benzene rings is 2. The average Bonchev–Trinajstić information content (AvgIpc) is 2.97. The summed E-state index contributed by atoms with van der Waals surface area (Å²) in [6.07, 6.45) is 3.21. The summed E-state index contributed by atoms with van der Waals surface area (Å²) >= 11 is 0. The summed E-state index contributed by atoms with van der Waals surface area (Å²) in [7, 11) is 0. The van der Waals surface area contributed by atoms with E-state index in [1.54, 1.807) is 6.08 Å². The molecule has 0 N–H and O–H groups in total. The third-order valence-corrected chi connectivity index (χ3v) is 3.31. The summed E-state index contributed by atoms with van der Waals surface area (Å²) in [4.78, 5) is 0. The zero-order valence-electron chi connectivity index (χ0n) is 11.9. The van der Waals surface area contributed by atoms with Crippen LogP contribution in [0.1, 0.15) is 11.3 Å². The molecule has 0 radical (unpaired) electrons. The smallest absolute Gasteiger partial charge is 0.120 e. The molecule has 0 aliphatic rings. The SMILES string of the molecule is N#C/C=C/c1c(-c2ccccc2)nnn1Cc1ccccc1. The van der Waals surface area contributed by atoms with Crippen molar-refractivity contribution < 1.29 is 0 Å². The number of allylic oxidation sites excluding steroid dienone is 1. The molecule has 4 heteroatoms. The summed E-state index contributed by atoms with van der Waals surface area (Å²) in [6, 6.07) is 21.9. The van der Waals surface area contributed by atoms with E-state index in [2.05, 4.69) is 10.3 Å². The molecule has 1 heterocycles. The van der Waals surface area contributed by atoms with E-state index in [4.69, 9.17) is 5.26 Å². The Morgan fingerprint density at radius 3 is 2.36 bits per heavy atom. The van der Waals surface area contributed by atoms with Crippen LogP contribution in [0.5, 0.6) is 0 Å². The van der Waals surface area contributed by atoms with Crippen molar-refractivity contribution >= 4 is 6.08 Å². The zero-order chi connectivity index (χ0) is 15.2. The van der Waals surface area contributed by atoms with Gasteiger partial charge in [0, 0.05) is 11.6 Å². The monoisotopic (exact) mass is 286 g/mol. The van der Waals surface area contributed by atoms with Crippen LogP contribution in [0.15, 0.2) is 66.7 Å². The molecule has 0 amide bonds. The summed E-state index contributed by atoms with van der Waals surface area (Å²) in [5.74, 6) is 0. The van der Waals surface area contributed by atoms with E-state index >= 15 is 0 Å². The molecule has 3 aromatic rings. The third-order valence-electron chi connectivity index (χ3n) is 3.31. The maximum absolute atomic E-state index is 8.82. The van der Waals surface area contributed by atoms with Gasteiger partial charge in [-0.2, -0.15) is 5.26 Å². The fraction of sp³-hybridized carbons (Fsp3) is 0.0556. The van der Waals surface area contributed by atoms with Crippen LogP contribution >= 0.6 is 0 Å². The Balaban J connectivity index is 2.02. The van der Waals surface area contributed by atoms with Gasteiger partial charge in [-0.25, -0.2) is 4.68 Å². The first-order valence-corrected chi connectivity index (χ1v) is 6.97. The molecule has 0 atom stereocenters. The van der Waals surface area contributed by atoms with Crippen LogP contribution in [0.3, 0.4) is 0 Å². The van der Waals surface area contributed by atoms with Crippen LogP contribution in [0, 0.1) is 11.3 Å². The highest BCUT2D eigenvalue weighted by Crippen LogP contribution is 2.22. The molecule has 106 valence electrons. The fourth-order valence-electron chi connectivity index (χ4n) is 2.28. The van der Waals surface area contributed by atoms with Gasteiger partial charge in [0.15, 0.2) is 0 Å². The Morgan fingerprint density at radius 1 is 1.00 bits per heavy atom. The van der Waals surface area contributed by atoms with Crippen LogP contribution < -0.4 is 0 Å². The summed E-state index contributed by atoms with van der Waals surface area (Å²) in [5, 5.41) is 17.4. The van der Waals surface area contributed by atoms with Crippen LogP contribution in [-0.4, -0.2) is 15.0 Å². The van der Waals surface area contributed by atoms with Crippen molar-refractivity contribution in [1.82, 2.24) is 15.0 Å². The number of hydrogen-bond donors (Lipinski definition) is 0. The highest BCUT2D eigenvalue weighted by atomic mass is 15.4. The van der Waals surface area contributed by atoms with E-state index in [0.29, 0.717) is 6.54 Å². The van der Waals surface area contributed by atoms with Crippen molar-refractivity contribution in [3.8, 4) is 17.3 Å². The van der Waals surface area contributed by atoms with Crippen molar-refractivity contribution in [2.75, 3.05) is 0 Å². The zero-order valence-corrected chi connectivity index (χ0v) is 11.9. The molecule has 0 aliphatic heterocycles. The quantitative estimate of drug-likeness (QED) is 0.689. The van der Waals surface area contributed by atoms with Crippen LogP contribution in [0.2, 0.25) is 0 Å². The Labute approximate surface area is 129 Å². The van der Waals surface area contributed by atoms with Gasteiger partial charge in [0.05, 0.1) is 18.3 Å². The minimum Gasteiger partial charge on any atom is -0.240 e. The van der Waals surface area contributed by atoms with E-state index in [-0.39, 0.29) is 0 Å². The fourth-order valence-corrected chi connectivity index (χ4v) is 2.28. The van der Waals surface area contributed by atoms with Crippen molar-refractivity contribution in [1.29, 1.82) is 5.26 Å². The number of nitriles is 1. The van der Waals surface area contributed by atoms with Gasteiger partial charge in [-0.1, -0.05) is 65.9 Å². The highest BCUT2D eigenvalue weighted by molar-refractivity contribution is 5.70. The molecule has 3 rings (SSSR count). The number of hydrogen-bond acceptors (Lipinski definition) is 3. The van der Waals surface area contributed by atoms with Crippen LogP contribution in [-0.2, 0) is 6.54 Å². The molecule has 0 unspecified atom stereocenters. The Morgan fingerprint density at radius 2 is 1.68 bits per heavy atom. The molecule has 0 spiro atoms. The van der Waals surface area contributed by atoms with Crippen molar-refractivity contribution in [2.45, 2.75) is 6.54 Å². The van der Waals surface area contributed by atoms with Crippen LogP contribution in [0.25, 0.3) is 17.3 Å². The number of rotatable bonds is 4. The molecular formula is C18H14N4. The first-order chi connectivity index (χ1) is 10.9. The summed E-state index contributed by atoms with van der Waals surface area (Å²) in [5.41, 5.74) is 3.73. The molecule has 4 nitrogen and oxygen atoms in total. The van der Waals surface area contributed by atoms with Crippen molar-refractivity contribution in [3.05, 3.63) is 78.0 Å². The van der Waals surface area contributed by atoms with E-state index < -0.39 is 0 Å². The second kappa shape index (κ2) is 6.51. The van der Waals surface area contributed by atoms with E-state index in [1.807, 2.05) is 71.4 Å². The van der Waals surface area contributed by atoms with E-state index in [1.165, 1.54) is 6.08 Å². The standard InChI is InChI=1S/C18H14N4/c19-13-7-12-17-18(16-10-5-2-6-11-16)20-21-22(17)14-15-8-3-1-4-9-15/h1-12H,14H2/b12-7+. The topological polar surface area (TPSA) is 54.5 Å². The largest absolute Gasteiger partial charge is 0.240 e. The first-order valence-electron chi connectivity index (χ1n) is 6.97.